The topological polar surface area (TPSA) is 84.5 Å². The van der Waals surface area contributed by atoms with Gasteiger partial charge >= 0.3 is 18.2 Å². The zero-order valence-corrected chi connectivity index (χ0v) is 12.8. The molecule has 2 N–H and O–H groups in total. The maximum atomic E-state index is 12.4. The first kappa shape index (κ1) is 19.2. The maximum absolute atomic E-state index is 12.4. The molecule has 1 atom stereocenters. The van der Waals surface area contributed by atoms with Crippen molar-refractivity contribution in [1.82, 2.24) is 10.6 Å². The summed E-state index contributed by atoms with van der Waals surface area (Å²) in [5.74, 6) is -1.69. The third kappa shape index (κ3) is 6.11. The summed E-state index contributed by atoms with van der Waals surface area (Å²) in [6.07, 6.45) is -3.44. The fourth-order valence-electron chi connectivity index (χ4n) is 1.49. The van der Waals surface area contributed by atoms with Crippen LogP contribution in [0.3, 0.4) is 0 Å². The predicted molar refractivity (Wildman–Crippen MR) is 78.6 cm³/mol. The van der Waals surface area contributed by atoms with Crippen LogP contribution in [0, 0.1) is 0 Å². The minimum absolute atomic E-state index is 0.349. The SMILES string of the molecule is CNC(=O)NC(=O)[C@@H](C)OC(=O)/C=C/c1ccc(C(F)(F)F)cc1. The molecular formula is C15H15F3N2O4. The highest BCUT2D eigenvalue weighted by atomic mass is 19.4. The molecule has 0 fully saturated rings. The molecule has 1 aromatic carbocycles. The van der Waals surface area contributed by atoms with Crippen molar-refractivity contribution in [3.05, 3.63) is 41.5 Å². The van der Waals surface area contributed by atoms with Gasteiger partial charge in [0.05, 0.1) is 5.56 Å². The van der Waals surface area contributed by atoms with E-state index < -0.39 is 35.8 Å². The zero-order valence-electron chi connectivity index (χ0n) is 12.8. The van der Waals surface area contributed by atoms with E-state index in [2.05, 4.69) is 5.32 Å². The number of hydrogen-bond acceptors (Lipinski definition) is 4. The number of alkyl halides is 3. The van der Waals surface area contributed by atoms with Crippen molar-refractivity contribution in [2.75, 3.05) is 7.05 Å². The second-order valence-corrected chi connectivity index (χ2v) is 4.60. The summed E-state index contributed by atoms with van der Waals surface area (Å²) in [6, 6.07) is 3.39. The molecule has 3 amide bonds. The monoisotopic (exact) mass is 344 g/mol. The smallest absolute Gasteiger partial charge is 0.416 e. The molecule has 1 rings (SSSR count). The Labute approximate surface area is 135 Å². The number of amides is 3. The van der Waals surface area contributed by atoms with Crippen LogP contribution in [-0.2, 0) is 20.5 Å². The molecule has 0 radical (unpaired) electrons. The fraction of sp³-hybridized carbons (Fsp3) is 0.267. The molecule has 6 nitrogen and oxygen atoms in total. The zero-order chi connectivity index (χ0) is 18.3. The Morgan fingerprint density at radius 2 is 1.75 bits per heavy atom. The van der Waals surface area contributed by atoms with Crippen LogP contribution in [0.1, 0.15) is 18.1 Å². The van der Waals surface area contributed by atoms with Crippen molar-refractivity contribution >= 4 is 24.0 Å². The number of carbonyl (C=O) groups excluding carboxylic acids is 3. The molecule has 9 heteroatoms. The van der Waals surface area contributed by atoms with E-state index in [0.717, 1.165) is 18.2 Å². The number of ether oxygens (including phenoxy) is 1. The molecular weight excluding hydrogens is 329 g/mol. The molecule has 0 spiro atoms. The van der Waals surface area contributed by atoms with Crippen molar-refractivity contribution in [3.63, 3.8) is 0 Å². The van der Waals surface area contributed by atoms with Gasteiger partial charge in [0.1, 0.15) is 0 Å². The van der Waals surface area contributed by atoms with Crippen LogP contribution in [0.25, 0.3) is 6.08 Å². The lowest BCUT2D eigenvalue weighted by molar-refractivity contribution is -0.149. The van der Waals surface area contributed by atoms with E-state index in [0.29, 0.717) is 5.56 Å². The molecule has 0 saturated carbocycles. The van der Waals surface area contributed by atoms with Crippen molar-refractivity contribution in [2.45, 2.75) is 19.2 Å². The number of rotatable bonds is 4. The van der Waals surface area contributed by atoms with Gasteiger partial charge in [-0.1, -0.05) is 12.1 Å². The lowest BCUT2D eigenvalue weighted by Gasteiger charge is -2.11. The number of benzene rings is 1. The van der Waals surface area contributed by atoms with E-state index in [1.807, 2.05) is 5.32 Å². The molecule has 1 aromatic rings. The number of urea groups is 1. The van der Waals surface area contributed by atoms with Crippen LogP contribution in [0.15, 0.2) is 30.3 Å². The summed E-state index contributed by atoms with van der Waals surface area (Å²) in [5, 5.41) is 4.09. The van der Waals surface area contributed by atoms with Gasteiger partial charge in [0.25, 0.3) is 5.91 Å². The Hall–Kier alpha value is -2.84. The standard InChI is InChI=1S/C15H15F3N2O4/c1-9(13(22)20-14(23)19-2)24-12(21)8-5-10-3-6-11(7-4-10)15(16,17)18/h3-9H,1-2H3,(H2,19,20,22,23)/b8-5+/t9-/m1/s1. The summed E-state index contributed by atoms with van der Waals surface area (Å²) in [7, 11) is 1.31. The van der Waals surface area contributed by atoms with Crippen LogP contribution >= 0.6 is 0 Å². The summed E-state index contributed by atoms with van der Waals surface area (Å²) in [5.41, 5.74) is -0.455. The maximum Gasteiger partial charge on any atom is 0.416 e. The van der Waals surface area contributed by atoms with E-state index in [1.165, 1.54) is 32.2 Å². The van der Waals surface area contributed by atoms with E-state index in [9.17, 15) is 27.6 Å². The van der Waals surface area contributed by atoms with Gasteiger partial charge in [0, 0.05) is 13.1 Å². The Morgan fingerprint density at radius 3 is 2.25 bits per heavy atom. The lowest BCUT2D eigenvalue weighted by atomic mass is 10.1. The molecule has 0 aliphatic heterocycles. The third-order valence-electron chi connectivity index (χ3n) is 2.78. The number of hydrogen-bond donors (Lipinski definition) is 2. The minimum atomic E-state index is -4.44. The Kier molecular flexibility index (Phi) is 6.51. The third-order valence-corrected chi connectivity index (χ3v) is 2.78. The Bertz CT molecular complexity index is 639. The van der Waals surface area contributed by atoms with Crippen LogP contribution in [-0.4, -0.2) is 31.1 Å². The highest BCUT2D eigenvalue weighted by Crippen LogP contribution is 2.29. The van der Waals surface area contributed by atoms with Gasteiger partial charge in [0.2, 0.25) is 0 Å². The number of nitrogens with one attached hydrogen (secondary N) is 2. The van der Waals surface area contributed by atoms with Crippen LogP contribution in [0.2, 0.25) is 0 Å². The predicted octanol–water partition coefficient (Wildman–Crippen LogP) is 2.11. The molecule has 0 heterocycles. The molecule has 0 aliphatic carbocycles. The van der Waals surface area contributed by atoms with Crippen LogP contribution in [0.5, 0.6) is 0 Å². The first-order valence-corrected chi connectivity index (χ1v) is 6.72. The normalized spacial score (nSPS) is 12.5. The highest BCUT2D eigenvalue weighted by molar-refractivity contribution is 5.97. The number of halogens is 3. The minimum Gasteiger partial charge on any atom is -0.449 e. The van der Waals surface area contributed by atoms with Gasteiger partial charge in [-0.15, -0.1) is 0 Å². The van der Waals surface area contributed by atoms with E-state index in [1.54, 1.807) is 0 Å². The molecule has 0 aliphatic rings. The first-order chi connectivity index (χ1) is 11.1. The van der Waals surface area contributed by atoms with Gasteiger partial charge in [-0.25, -0.2) is 9.59 Å². The molecule has 130 valence electrons. The summed E-state index contributed by atoms with van der Waals surface area (Å²) < 4.78 is 42.0. The summed E-state index contributed by atoms with van der Waals surface area (Å²) in [6.45, 7) is 1.27. The lowest BCUT2D eigenvalue weighted by Crippen LogP contribution is -2.43. The van der Waals surface area contributed by atoms with Gasteiger partial charge in [-0.05, 0) is 30.7 Å². The highest BCUT2D eigenvalue weighted by Gasteiger charge is 2.29. The summed E-state index contributed by atoms with van der Waals surface area (Å²) >= 11 is 0. The average molecular weight is 344 g/mol. The van der Waals surface area contributed by atoms with Crippen molar-refractivity contribution in [2.24, 2.45) is 0 Å². The first-order valence-electron chi connectivity index (χ1n) is 6.72. The van der Waals surface area contributed by atoms with Gasteiger partial charge in [-0.3, -0.25) is 10.1 Å². The molecule has 0 unspecified atom stereocenters. The van der Waals surface area contributed by atoms with E-state index in [-0.39, 0.29) is 0 Å². The summed E-state index contributed by atoms with van der Waals surface area (Å²) in [4.78, 5) is 34.0. The molecule has 0 saturated heterocycles. The quantitative estimate of drug-likeness (QED) is 0.647. The number of esters is 1. The van der Waals surface area contributed by atoms with Gasteiger partial charge < -0.3 is 10.1 Å². The van der Waals surface area contributed by atoms with Crippen LogP contribution in [0.4, 0.5) is 18.0 Å². The Morgan fingerprint density at radius 1 is 1.17 bits per heavy atom. The second kappa shape index (κ2) is 8.14. The van der Waals surface area contributed by atoms with Gasteiger partial charge in [0.15, 0.2) is 6.10 Å². The van der Waals surface area contributed by atoms with Crippen molar-refractivity contribution in [1.29, 1.82) is 0 Å². The largest absolute Gasteiger partial charge is 0.449 e. The van der Waals surface area contributed by atoms with E-state index in [4.69, 9.17) is 4.74 Å². The molecule has 0 bridgehead atoms. The number of imide groups is 1. The average Bonchev–Trinajstić information content (AvgIpc) is 2.52. The van der Waals surface area contributed by atoms with Crippen LogP contribution < -0.4 is 10.6 Å². The number of carbonyl (C=O) groups is 3. The second-order valence-electron chi connectivity index (χ2n) is 4.60. The van der Waals surface area contributed by atoms with Gasteiger partial charge in [-0.2, -0.15) is 13.2 Å². The molecule has 24 heavy (non-hydrogen) atoms. The van der Waals surface area contributed by atoms with Crippen molar-refractivity contribution < 1.29 is 32.3 Å². The molecule has 0 aromatic heterocycles. The van der Waals surface area contributed by atoms with Crippen molar-refractivity contribution in [3.8, 4) is 0 Å². The van der Waals surface area contributed by atoms with E-state index >= 15 is 0 Å². The fourth-order valence-corrected chi connectivity index (χ4v) is 1.49. The Balaban J connectivity index is 2.59.